The van der Waals surface area contributed by atoms with Crippen molar-refractivity contribution in [3.05, 3.63) is 53.1 Å². The summed E-state index contributed by atoms with van der Waals surface area (Å²) < 4.78 is 56.6. The molecule has 4 aromatic rings. The number of aromatic nitrogens is 2. The maximum Gasteiger partial charge on any atom is 0.410 e. The van der Waals surface area contributed by atoms with Crippen molar-refractivity contribution in [1.82, 2.24) is 19.8 Å². The first kappa shape index (κ1) is 36.8. The van der Waals surface area contributed by atoms with Gasteiger partial charge < -0.3 is 28.7 Å². The van der Waals surface area contributed by atoms with Gasteiger partial charge in [0.2, 0.25) is 0 Å². The number of hydrogen-bond donors (Lipinski definition) is 0. The van der Waals surface area contributed by atoms with E-state index < -0.39 is 29.4 Å². The van der Waals surface area contributed by atoms with Crippen LogP contribution in [0.3, 0.4) is 0 Å². The van der Waals surface area contributed by atoms with E-state index in [1.165, 1.54) is 24.1 Å². The lowest BCUT2D eigenvalue weighted by Crippen LogP contribution is -2.56. The maximum atomic E-state index is 17.2. The van der Waals surface area contributed by atoms with Gasteiger partial charge in [-0.1, -0.05) is 23.7 Å². The summed E-state index contributed by atoms with van der Waals surface area (Å²) in [5.74, 6) is -1.19. The number of benzene rings is 3. The van der Waals surface area contributed by atoms with Gasteiger partial charge in [0, 0.05) is 48.1 Å². The van der Waals surface area contributed by atoms with Gasteiger partial charge in [0.15, 0.2) is 12.6 Å². The van der Waals surface area contributed by atoms with E-state index in [4.69, 9.17) is 35.5 Å². The Hall–Kier alpha value is -4.51. The minimum atomic E-state index is -0.916. The molecule has 1 amide bonds. The van der Waals surface area contributed by atoms with Crippen molar-refractivity contribution in [3.63, 3.8) is 0 Å². The molecule has 0 spiro atoms. The monoisotopic (exact) mass is 748 g/mol. The van der Waals surface area contributed by atoms with Gasteiger partial charge >= 0.3 is 12.1 Å². The summed E-state index contributed by atoms with van der Waals surface area (Å²) in [5.41, 5.74) is -1.15. The molecule has 280 valence electrons. The molecular formula is C39H43ClF2N6O5. The van der Waals surface area contributed by atoms with Crippen molar-refractivity contribution in [1.29, 1.82) is 5.26 Å². The SMILES string of the molecule is COCOc1cc(-c2c(F)cc3c(N4CCN(C(=O)OC(C)(C)C)[C@@H](CC#N)C4)nc(OCC45CCCN4CCC5)nc3c2F)c2c(Cl)cccc2c1. The second kappa shape index (κ2) is 14.7. The fourth-order valence-electron chi connectivity index (χ4n) is 8.02. The van der Waals surface area contributed by atoms with Crippen LogP contribution in [0, 0.1) is 23.0 Å². The minimum Gasteiger partial charge on any atom is -0.468 e. The highest BCUT2D eigenvalue weighted by Crippen LogP contribution is 2.43. The molecule has 0 unspecified atom stereocenters. The minimum absolute atomic E-state index is 0.0165. The van der Waals surface area contributed by atoms with Gasteiger partial charge in [0.25, 0.3) is 0 Å². The van der Waals surface area contributed by atoms with Crippen LogP contribution in [-0.4, -0.2) is 96.3 Å². The number of anilines is 1. The zero-order valence-electron chi connectivity index (χ0n) is 30.4. The van der Waals surface area contributed by atoms with Crippen LogP contribution in [0.5, 0.6) is 11.8 Å². The summed E-state index contributed by atoms with van der Waals surface area (Å²) in [6.07, 6.45) is 3.58. The van der Waals surface area contributed by atoms with Crippen LogP contribution in [0.1, 0.15) is 52.9 Å². The Bertz CT molecular complexity index is 2080. The molecule has 4 heterocycles. The first-order chi connectivity index (χ1) is 25.4. The van der Waals surface area contributed by atoms with Gasteiger partial charge in [-0.2, -0.15) is 15.2 Å². The van der Waals surface area contributed by atoms with Crippen molar-refractivity contribution < 1.29 is 32.5 Å². The zero-order chi connectivity index (χ0) is 37.5. The molecule has 14 heteroatoms. The number of methoxy groups -OCH3 is 1. The van der Waals surface area contributed by atoms with E-state index in [9.17, 15) is 10.1 Å². The topological polar surface area (TPSA) is 113 Å². The maximum absolute atomic E-state index is 17.2. The van der Waals surface area contributed by atoms with Crippen molar-refractivity contribution in [2.45, 2.75) is 70.1 Å². The van der Waals surface area contributed by atoms with Crippen molar-refractivity contribution in [2.75, 3.05) is 58.1 Å². The Balaban J connectivity index is 1.35. The Morgan fingerprint density at radius 2 is 1.85 bits per heavy atom. The molecular weight excluding hydrogens is 706 g/mol. The Labute approximate surface area is 312 Å². The zero-order valence-corrected chi connectivity index (χ0v) is 31.1. The first-order valence-electron chi connectivity index (χ1n) is 17.9. The number of amides is 1. The molecule has 0 bridgehead atoms. The molecule has 0 aliphatic carbocycles. The van der Waals surface area contributed by atoms with Crippen LogP contribution in [0.15, 0.2) is 36.4 Å². The third-order valence-electron chi connectivity index (χ3n) is 10.4. The molecule has 7 rings (SSSR count). The normalized spacial score (nSPS) is 18.7. The Morgan fingerprint density at radius 3 is 2.57 bits per heavy atom. The summed E-state index contributed by atoms with van der Waals surface area (Å²) >= 11 is 6.67. The fraction of sp³-hybridized carbons (Fsp3) is 0.487. The lowest BCUT2D eigenvalue weighted by atomic mass is 9.95. The second-order valence-electron chi connectivity index (χ2n) is 15.0. The van der Waals surface area contributed by atoms with Gasteiger partial charge in [-0.15, -0.1) is 0 Å². The van der Waals surface area contributed by atoms with Gasteiger partial charge in [-0.3, -0.25) is 4.90 Å². The summed E-state index contributed by atoms with van der Waals surface area (Å²) in [6, 6.07) is 11.3. The van der Waals surface area contributed by atoms with E-state index in [0.29, 0.717) is 28.2 Å². The molecule has 3 aliphatic heterocycles. The van der Waals surface area contributed by atoms with Crippen LogP contribution < -0.4 is 14.4 Å². The van der Waals surface area contributed by atoms with E-state index in [1.54, 1.807) is 45.0 Å². The molecule has 1 aromatic heterocycles. The third kappa shape index (κ3) is 7.24. The number of carbonyl (C=O) groups excluding carboxylic acids is 1. The summed E-state index contributed by atoms with van der Waals surface area (Å²) in [4.78, 5) is 28.4. The second-order valence-corrected chi connectivity index (χ2v) is 15.4. The molecule has 53 heavy (non-hydrogen) atoms. The lowest BCUT2D eigenvalue weighted by Gasteiger charge is -2.41. The summed E-state index contributed by atoms with van der Waals surface area (Å²) in [7, 11) is 1.48. The molecule has 1 atom stereocenters. The summed E-state index contributed by atoms with van der Waals surface area (Å²) in [5, 5.41) is 11.2. The molecule has 3 aliphatic rings. The molecule has 3 aromatic carbocycles. The number of rotatable bonds is 9. The number of fused-ring (bicyclic) bond motifs is 3. The van der Waals surface area contributed by atoms with E-state index >= 15 is 8.78 Å². The Kier molecular flexibility index (Phi) is 10.2. The van der Waals surface area contributed by atoms with Gasteiger partial charge in [0.05, 0.1) is 29.6 Å². The number of hydrogen-bond acceptors (Lipinski definition) is 10. The molecule has 0 N–H and O–H groups in total. The molecule has 0 saturated carbocycles. The molecule has 11 nitrogen and oxygen atoms in total. The predicted molar refractivity (Wildman–Crippen MR) is 197 cm³/mol. The van der Waals surface area contributed by atoms with Crippen LogP contribution in [-0.2, 0) is 9.47 Å². The number of ether oxygens (including phenoxy) is 4. The van der Waals surface area contributed by atoms with Crippen molar-refractivity contribution in [2.24, 2.45) is 0 Å². The average Bonchev–Trinajstić information content (AvgIpc) is 3.70. The molecule has 0 radical (unpaired) electrons. The summed E-state index contributed by atoms with van der Waals surface area (Å²) in [6.45, 7) is 8.21. The molecule has 3 fully saturated rings. The first-order valence-corrected chi connectivity index (χ1v) is 18.3. The van der Waals surface area contributed by atoms with E-state index in [1.807, 2.05) is 4.90 Å². The van der Waals surface area contributed by atoms with Gasteiger partial charge in [-0.25, -0.2) is 13.6 Å². The highest BCUT2D eigenvalue weighted by Gasteiger charge is 2.45. The lowest BCUT2D eigenvalue weighted by molar-refractivity contribution is 0.0145. The number of nitrogens with zero attached hydrogens (tertiary/aromatic N) is 6. The highest BCUT2D eigenvalue weighted by molar-refractivity contribution is 6.36. The van der Waals surface area contributed by atoms with E-state index in [0.717, 1.165) is 38.8 Å². The quantitative estimate of drug-likeness (QED) is 0.158. The van der Waals surface area contributed by atoms with Crippen LogP contribution in [0.25, 0.3) is 32.8 Å². The number of piperazine rings is 1. The van der Waals surface area contributed by atoms with Gasteiger partial charge in [0.1, 0.15) is 35.1 Å². The Morgan fingerprint density at radius 1 is 1.08 bits per heavy atom. The van der Waals surface area contributed by atoms with E-state index in [2.05, 4.69) is 16.0 Å². The largest absolute Gasteiger partial charge is 0.468 e. The fourth-order valence-corrected chi connectivity index (χ4v) is 8.31. The predicted octanol–water partition coefficient (Wildman–Crippen LogP) is 7.71. The number of nitriles is 1. The molecule has 3 saturated heterocycles. The van der Waals surface area contributed by atoms with Crippen LogP contribution in [0.4, 0.5) is 19.4 Å². The van der Waals surface area contributed by atoms with Crippen molar-refractivity contribution >= 4 is 45.2 Å². The van der Waals surface area contributed by atoms with E-state index in [-0.39, 0.29) is 72.2 Å². The number of carbonyl (C=O) groups is 1. The number of halogens is 3. The smallest absolute Gasteiger partial charge is 0.410 e. The van der Waals surface area contributed by atoms with Crippen LogP contribution in [0.2, 0.25) is 5.02 Å². The van der Waals surface area contributed by atoms with Gasteiger partial charge in [-0.05, 0) is 89.2 Å². The van der Waals surface area contributed by atoms with Crippen molar-refractivity contribution in [3.8, 4) is 29.0 Å². The highest BCUT2D eigenvalue weighted by atomic mass is 35.5. The standard InChI is InChI=1S/C39H43ClF2N6O5/c1-38(2,3)53-37(49)48-17-16-46(21-25(48)10-13-43)35-28-20-30(41)32(27-19-26(52-23-50-4)18-24-8-5-9-29(40)31(24)27)33(42)34(28)44-36(45-35)51-22-39-11-6-14-47(39)15-7-12-39/h5,8-9,18-20,25H,6-7,10-12,14-17,21-23H2,1-4H3/t25-/m0/s1. The van der Waals surface area contributed by atoms with Crippen LogP contribution >= 0.6 is 11.6 Å². The third-order valence-corrected chi connectivity index (χ3v) is 10.7. The average molecular weight is 749 g/mol.